The Morgan fingerprint density at radius 3 is 2.85 bits per heavy atom. The van der Waals surface area contributed by atoms with E-state index in [4.69, 9.17) is 5.10 Å². The number of fused-ring (bicyclic) bond motifs is 1. The second kappa shape index (κ2) is 8.71. The summed E-state index contributed by atoms with van der Waals surface area (Å²) in [6.45, 7) is 4.41. The minimum absolute atomic E-state index is 0.231. The van der Waals surface area contributed by atoms with Crippen molar-refractivity contribution in [1.29, 1.82) is 0 Å². The SMILES string of the molecule is COC(=O)NCCCn1nc(C(C)NC2CC2)c2ccc(CN(C)C)cc21. The maximum atomic E-state index is 11.2. The molecule has 148 valence electrons. The number of hydrogen-bond acceptors (Lipinski definition) is 5. The van der Waals surface area contributed by atoms with Gasteiger partial charge in [-0.1, -0.05) is 12.1 Å². The summed E-state index contributed by atoms with van der Waals surface area (Å²) in [7, 11) is 5.53. The number of carbonyl (C=O) groups is 1. The molecule has 2 aromatic rings. The van der Waals surface area contributed by atoms with Gasteiger partial charge >= 0.3 is 6.09 Å². The van der Waals surface area contributed by atoms with Gasteiger partial charge in [-0.3, -0.25) is 4.68 Å². The third-order valence-electron chi connectivity index (χ3n) is 4.82. The Kier molecular flexibility index (Phi) is 6.34. The van der Waals surface area contributed by atoms with E-state index in [0.29, 0.717) is 12.6 Å². The van der Waals surface area contributed by atoms with Gasteiger partial charge in [-0.2, -0.15) is 5.10 Å². The zero-order chi connectivity index (χ0) is 19.4. The van der Waals surface area contributed by atoms with Crippen LogP contribution in [-0.2, 0) is 17.8 Å². The monoisotopic (exact) mass is 373 g/mol. The van der Waals surface area contributed by atoms with Crippen molar-refractivity contribution in [1.82, 2.24) is 25.3 Å². The van der Waals surface area contributed by atoms with Crippen molar-refractivity contribution in [3.8, 4) is 0 Å². The Morgan fingerprint density at radius 1 is 1.41 bits per heavy atom. The summed E-state index contributed by atoms with van der Waals surface area (Å²) in [5.74, 6) is 0. The van der Waals surface area contributed by atoms with E-state index in [0.717, 1.165) is 30.7 Å². The van der Waals surface area contributed by atoms with Gasteiger partial charge < -0.3 is 20.3 Å². The number of alkyl carbamates (subject to hydrolysis) is 1. The molecule has 1 aliphatic carbocycles. The van der Waals surface area contributed by atoms with Crippen LogP contribution < -0.4 is 10.6 Å². The minimum Gasteiger partial charge on any atom is -0.453 e. The molecule has 7 heteroatoms. The summed E-state index contributed by atoms with van der Waals surface area (Å²) in [4.78, 5) is 13.4. The van der Waals surface area contributed by atoms with Gasteiger partial charge in [-0.15, -0.1) is 0 Å². The van der Waals surface area contributed by atoms with Gasteiger partial charge in [-0.05, 0) is 51.9 Å². The van der Waals surface area contributed by atoms with Gasteiger partial charge in [0.05, 0.1) is 18.3 Å². The molecule has 1 fully saturated rings. The van der Waals surface area contributed by atoms with E-state index in [1.165, 1.54) is 30.9 Å². The van der Waals surface area contributed by atoms with Crippen LogP contribution in [0, 0.1) is 0 Å². The molecular weight excluding hydrogens is 342 g/mol. The molecule has 1 atom stereocenters. The predicted octanol–water partition coefficient (Wildman–Crippen LogP) is 2.66. The molecule has 0 spiro atoms. The minimum atomic E-state index is -0.392. The van der Waals surface area contributed by atoms with Crippen molar-refractivity contribution in [3.05, 3.63) is 29.5 Å². The van der Waals surface area contributed by atoms with E-state index in [-0.39, 0.29) is 6.04 Å². The van der Waals surface area contributed by atoms with Gasteiger partial charge in [0, 0.05) is 37.1 Å². The number of nitrogens with one attached hydrogen (secondary N) is 2. The molecule has 27 heavy (non-hydrogen) atoms. The molecule has 1 amide bonds. The third kappa shape index (κ3) is 5.20. The number of nitrogens with zero attached hydrogens (tertiary/aromatic N) is 3. The summed E-state index contributed by atoms with van der Waals surface area (Å²) in [6.07, 6.45) is 2.93. The zero-order valence-corrected chi connectivity index (χ0v) is 16.8. The number of amides is 1. The molecule has 1 aromatic heterocycles. The van der Waals surface area contributed by atoms with Crippen LogP contribution in [0.25, 0.3) is 10.9 Å². The average Bonchev–Trinajstić information content (AvgIpc) is 3.37. The maximum absolute atomic E-state index is 11.2. The number of hydrogen-bond donors (Lipinski definition) is 2. The Bertz CT molecular complexity index is 782. The van der Waals surface area contributed by atoms with Crippen LogP contribution in [-0.4, -0.2) is 54.6 Å². The van der Waals surface area contributed by atoms with Crippen LogP contribution in [0.5, 0.6) is 0 Å². The first-order valence-electron chi connectivity index (χ1n) is 9.70. The van der Waals surface area contributed by atoms with E-state index in [2.05, 4.69) is 64.2 Å². The second-order valence-corrected chi connectivity index (χ2v) is 7.63. The first-order chi connectivity index (χ1) is 13.0. The predicted molar refractivity (Wildman–Crippen MR) is 107 cm³/mol. The normalized spacial score (nSPS) is 15.3. The summed E-state index contributed by atoms with van der Waals surface area (Å²) in [5, 5.41) is 12.5. The molecule has 0 aliphatic heterocycles. The molecule has 7 nitrogen and oxygen atoms in total. The number of aromatic nitrogens is 2. The van der Waals surface area contributed by atoms with Gasteiger partial charge in [0.2, 0.25) is 0 Å². The molecule has 0 saturated heterocycles. The van der Waals surface area contributed by atoms with E-state index in [1.54, 1.807) is 0 Å². The van der Waals surface area contributed by atoms with Crippen molar-refractivity contribution in [2.24, 2.45) is 0 Å². The molecular formula is C20H31N5O2. The van der Waals surface area contributed by atoms with Gasteiger partial charge in [-0.25, -0.2) is 4.79 Å². The van der Waals surface area contributed by atoms with Crippen molar-refractivity contribution in [2.75, 3.05) is 27.7 Å². The fourth-order valence-corrected chi connectivity index (χ4v) is 3.37. The summed E-state index contributed by atoms with van der Waals surface area (Å²) < 4.78 is 6.70. The number of rotatable bonds is 9. The Morgan fingerprint density at radius 2 is 2.19 bits per heavy atom. The van der Waals surface area contributed by atoms with Crippen LogP contribution in [0.1, 0.15) is 43.5 Å². The van der Waals surface area contributed by atoms with E-state index in [9.17, 15) is 4.79 Å². The molecule has 1 heterocycles. The van der Waals surface area contributed by atoms with Crippen molar-refractivity contribution in [3.63, 3.8) is 0 Å². The fraction of sp³-hybridized carbons (Fsp3) is 0.600. The lowest BCUT2D eigenvalue weighted by Crippen LogP contribution is -2.25. The first-order valence-corrected chi connectivity index (χ1v) is 9.70. The molecule has 1 aromatic carbocycles. The van der Waals surface area contributed by atoms with E-state index >= 15 is 0 Å². The molecule has 0 bridgehead atoms. The molecule has 1 unspecified atom stereocenters. The van der Waals surface area contributed by atoms with Crippen molar-refractivity contribution >= 4 is 17.0 Å². The smallest absolute Gasteiger partial charge is 0.406 e. The highest BCUT2D eigenvalue weighted by Gasteiger charge is 2.25. The van der Waals surface area contributed by atoms with Crippen molar-refractivity contribution < 1.29 is 9.53 Å². The topological polar surface area (TPSA) is 71.4 Å². The Labute approximate surface area is 161 Å². The van der Waals surface area contributed by atoms with Crippen LogP contribution in [0.2, 0.25) is 0 Å². The summed E-state index contributed by atoms with van der Waals surface area (Å²) in [5.41, 5.74) is 3.54. The van der Waals surface area contributed by atoms with Gasteiger partial charge in [0.15, 0.2) is 0 Å². The first kappa shape index (κ1) is 19.6. The number of carbonyl (C=O) groups excluding carboxylic acids is 1. The molecule has 3 rings (SSSR count). The Balaban J connectivity index is 1.80. The largest absolute Gasteiger partial charge is 0.453 e. The molecule has 2 N–H and O–H groups in total. The third-order valence-corrected chi connectivity index (χ3v) is 4.82. The highest BCUT2D eigenvalue weighted by Crippen LogP contribution is 2.29. The fourth-order valence-electron chi connectivity index (χ4n) is 3.37. The maximum Gasteiger partial charge on any atom is 0.406 e. The lowest BCUT2D eigenvalue weighted by molar-refractivity contribution is 0.170. The van der Waals surface area contributed by atoms with Crippen LogP contribution in [0.15, 0.2) is 18.2 Å². The Hall–Kier alpha value is -2.12. The summed E-state index contributed by atoms with van der Waals surface area (Å²) in [6, 6.07) is 7.50. The number of methoxy groups -OCH3 is 1. The summed E-state index contributed by atoms with van der Waals surface area (Å²) >= 11 is 0. The average molecular weight is 374 g/mol. The molecule has 0 radical (unpaired) electrons. The van der Waals surface area contributed by atoms with Crippen LogP contribution in [0.3, 0.4) is 0 Å². The lowest BCUT2D eigenvalue weighted by Gasteiger charge is -2.11. The van der Waals surface area contributed by atoms with Crippen LogP contribution >= 0.6 is 0 Å². The van der Waals surface area contributed by atoms with Gasteiger partial charge in [0.1, 0.15) is 0 Å². The van der Waals surface area contributed by atoms with Crippen LogP contribution in [0.4, 0.5) is 4.79 Å². The lowest BCUT2D eigenvalue weighted by atomic mass is 10.1. The standard InChI is InChI=1S/C20H31N5O2/c1-14(22-16-7-8-16)19-17-9-6-15(13-24(2)3)12-18(17)25(23-19)11-5-10-21-20(26)27-4/h6,9,12,14,16,22H,5,7-8,10-11,13H2,1-4H3,(H,21,26). The number of benzene rings is 1. The quantitative estimate of drug-likeness (QED) is 0.661. The second-order valence-electron chi connectivity index (χ2n) is 7.63. The molecule has 1 saturated carbocycles. The zero-order valence-electron chi connectivity index (χ0n) is 16.8. The van der Waals surface area contributed by atoms with Crippen molar-refractivity contribution in [2.45, 2.75) is 51.4 Å². The highest BCUT2D eigenvalue weighted by molar-refractivity contribution is 5.83. The highest BCUT2D eigenvalue weighted by atomic mass is 16.5. The molecule has 1 aliphatic rings. The number of aryl methyl sites for hydroxylation is 1. The van der Waals surface area contributed by atoms with E-state index in [1.807, 2.05) is 0 Å². The van der Waals surface area contributed by atoms with Gasteiger partial charge in [0.25, 0.3) is 0 Å². The number of ether oxygens (including phenoxy) is 1. The van der Waals surface area contributed by atoms with E-state index < -0.39 is 6.09 Å².